The summed E-state index contributed by atoms with van der Waals surface area (Å²) in [6.07, 6.45) is 3.55. The third-order valence-corrected chi connectivity index (χ3v) is 8.46. The normalized spacial score (nSPS) is 16.9. The molecule has 2 atom stereocenters. The summed E-state index contributed by atoms with van der Waals surface area (Å²) in [4.78, 5) is 36.7. The fraction of sp³-hybridized carbons (Fsp3) is 0.371. The predicted molar refractivity (Wildman–Crippen MR) is 180 cm³/mol. The summed E-state index contributed by atoms with van der Waals surface area (Å²) in [5.74, 6) is -1.20. The lowest BCUT2D eigenvalue weighted by Gasteiger charge is -2.45. The van der Waals surface area contributed by atoms with E-state index in [2.05, 4.69) is 25.9 Å². The quantitative estimate of drug-likeness (QED) is 0.128. The van der Waals surface area contributed by atoms with Gasteiger partial charge in [-0.2, -0.15) is 0 Å². The molecule has 4 aromatic rings. The Morgan fingerprint density at radius 2 is 1.70 bits per heavy atom. The van der Waals surface area contributed by atoms with Crippen molar-refractivity contribution in [2.24, 2.45) is 0 Å². The lowest BCUT2D eigenvalue weighted by atomic mass is 9.86. The van der Waals surface area contributed by atoms with Gasteiger partial charge in [-0.3, -0.25) is 14.7 Å². The number of nitrogens with two attached hydrogens (primary N) is 1. The van der Waals surface area contributed by atoms with Gasteiger partial charge in [-0.1, -0.05) is 55.3 Å². The largest absolute Gasteiger partial charge is 0.465 e. The standard InChI is InChI=1S/C35H42FN7O3/c1-34(2,3)43(33(45)46)28-17-10-9-16-27(28)40-31-25(36)19-24(32(44)42-35(4,5)22-13-7-6-8-14-22)30(41-31)39-23-18-21-12-11-15-26(37)29(21)38-20-23/h6-8,11-15,18-20,27-28H,9-10,16-17,37H2,1-5H3,(H,42,44)(H,45,46)(H2,39,40,41)/t27-,28+/m1/s1. The summed E-state index contributed by atoms with van der Waals surface area (Å²) >= 11 is 0. The number of halogens is 1. The summed E-state index contributed by atoms with van der Waals surface area (Å²) in [6.45, 7) is 9.30. The van der Waals surface area contributed by atoms with Crippen molar-refractivity contribution in [1.29, 1.82) is 0 Å². The molecule has 242 valence electrons. The van der Waals surface area contributed by atoms with Crippen LogP contribution in [0.2, 0.25) is 0 Å². The van der Waals surface area contributed by atoms with Crippen LogP contribution in [0.4, 0.5) is 32.2 Å². The van der Waals surface area contributed by atoms with Crippen molar-refractivity contribution in [3.63, 3.8) is 0 Å². The molecule has 0 unspecified atom stereocenters. The Hall–Kier alpha value is -4.93. The molecule has 1 aliphatic carbocycles. The van der Waals surface area contributed by atoms with Crippen LogP contribution in [0.5, 0.6) is 0 Å². The number of para-hydroxylation sites is 1. The fourth-order valence-electron chi connectivity index (χ4n) is 6.22. The van der Waals surface area contributed by atoms with Gasteiger partial charge in [0.2, 0.25) is 0 Å². The third kappa shape index (κ3) is 6.98. The molecule has 10 nitrogen and oxygen atoms in total. The minimum atomic E-state index is -1.03. The summed E-state index contributed by atoms with van der Waals surface area (Å²) in [7, 11) is 0. The van der Waals surface area contributed by atoms with E-state index in [0.29, 0.717) is 29.7 Å². The number of pyridine rings is 2. The summed E-state index contributed by atoms with van der Waals surface area (Å²) < 4.78 is 15.9. The maximum absolute atomic E-state index is 15.9. The van der Waals surface area contributed by atoms with E-state index < -0.39 is 34.9 Å². The molecule has 0 spiro atoms. The van der Waals surface area contributed by atoms with Crippen LogP contribution < -0.4 is 21.7 Å². The number of hydrogen-bond acceptors (Lipinski definition) is 7. The lowest BCUT2D eigenvalue weighted by molar-refractivity contribution is 0.0519. The Balaban J connectivity index is 1.53. The van der Waals surface area contributed by atoms with Gasteiger partial charge < -0.3 is 26.8 Å². The van der Waals surface area contributed by atoms with E-state index in [1.54, 1.807) is 12.3 Å². The molecule has 2 amide bonds. The second-order valence-corrected chi connectivity index (χ2v) is 13.4. The van der Waals surface area contributed by atoms with Gasteiger partial charge in [-0.05, 0) is 71.2 Å². The van der Waals surface area contributed by atoms with Crippen molar-refractivity contribution in [3.05, 3.63) is 83.8 Å². The molecule has 2 heterocycles. The number of fused-ring (bicyclic) bond motifs is 1. The number of anilines is 4. The Kier molecular flexibility index (Phi) is 9.05. The number of aromatic nitrogens is 2. The molecule has 0 aliphatic heterocycles. The van der Waals surface area contributed by atoms with Crippen molar-refractivity contribution < 1.29 is 19.1 Å². The molecule has 5 rings (SSSR count). The molecule has 11 heteroatoms. The number of rotatable bonds is 8. The number of amides is 2. The van der Waals surface area contributed by atoms with E-state index in [1.807, 2.05) is 83.1 Å². The molecule has 46 heavy (non-hydrogen) atoms. The fourth-order valence-corrected chi connectivity index (χ4v) is 6.22. The summed E-state index contributed by atoms with van der Waals surface area (Å²) in [6, 6.07) is 17.2. The van der Waals surface area contributed by atoms with Gasteiger partial charge in [0.15, 0.2) is 11.6 Å². The van der Waals surface area contributed by atoms with Crippen molar-refractivity contribution in [1.82, 2.24) is 20.2 Å². The van der Waals surface area contributed by atoms with Gasteiger partial charge in [0.25, 0.3) is 5.91 Å². The SMILES string of the molecule is CC(C)(NC(=O)c1cc(F)c(N[C@@H]2CCCC[C@@H]2N(C(=O)O)C(C)(C)C)nc1Nc1cnc2c(N)cccc2c1)c1ccccc1. The second kappa shape index (κ2) is 12.8. The zero-order valence-electron chi connectivity index (χ0n) is 26.9. The monoisotopic (exact) mass is 627 g/mol. The Bertz CT molecular complexity index is 1740. The second-order valence-electron chi connectivity index (χ2n) is 13.4. The molecule has 0 saturated heterocycles. The molecule has 1 aliphatic rings. The van der Waals surface area contributed by atoms with E-state index in [1.165, 1.54) is 4.90 Å². The molecule has 1 fully saturated rings. The Labute approximate surface area is 268 Å². The highest BCUT2D eigenvalue weighted by Gasteiger charge is 2.39. The molecule has 0 radical (unpaired) electrons. The van der Waals surface area contributed by atoms with Gasteiger partial charge in [0.1, 0.15) is 5.82 Å². The van der Waals surface area contributed by atoms with Crippen LogP contribution in [0.25, 0.3) is 10.9 Å². The van der Waals surface area contributed by atoms with E-state index in [0.717, 1.165) is 29.9 Å². The van der Waals surface area contributed by atoms with Crippen molar-refractivity contribution >= 4 is 45.9 Å². The van der Waals surface area contributed by atoms with Gasteiger partial charge in [0, 0.05) is 17.0 Å². The smallest absolute Gasteiger partial charge is 0.408 e. The van der Waals surface area contributed by atoms with Crippen molar-refractivity contribution in [2.45, 2.75) is 83.5 Å². The van der Waals surface area contributed by atoms with Crippen LogP contribution in [0.3, 0.4) is 0 Å². The van der Waals surface area contributed by atoms with Crippen LogP contribution in [0, 0.1) is 5.82 Å². The average molecular weight is 628 g/mol. The van der Waals surface area contributed by atoms with Gasteiger partial charge >= 0.3 is 6.09 Å². The van der Waals surface area contributed by atoms with Crippen LogP contribution in [-0.4, -0.2) is 49.6 Å². The number of hydrogen-bond donors (Lipinski definition) is 5. The van der Waals surface area contributed by atoms with Gasteiger partial charge in [-0.15, -0.1) is 0 Å². The average Bonchev–Trinajstić information content (AvgIpc) is 2.99. The lowest BCUT2D eigenvalue weighted by Crippen LogP contribution is -2.58. The Morgan fingerprint density at radius 3 is 2.39 bits per heavy atom. The van der Waals surface area contributed by atoms with E-state index in [-0.39, 0.29) is 23.2 Å². The van der Waals surface area contributed by atoms with Crippen LogP contribution in [0.1, 0.15) is 76.2 Å². The van der Waals surface area contributed by atoms with E-state index in [9.17, 15) is 14.7 Å². The molecule has 1 saturated carbocycles. The summed E-state index contributed by atoms with van der Waals surface area (Å²) in [5.41, 5.74) is 7.24. The number of benzene rings is 2. The van der Waals surface area contributed by atoms with Crippen molar-refractivity contribution in [3.8, 4) is 0 Å². The molecule has 0 bridgehead atoms. The molecule has 6 N–H and O–H groups in total. The first-order chi connectivity index (χ1) is 21.7. The predicted octanol–water partition coefficient (Wildman–Crippen LogP) is 7.26. The van der Waals surface area contributed by atoms with Crippen LogP contribution in [0.15, 0.2) is 66.9 Å². The van der Waals surface area contributed by atoms with Crippen molar-refractivity contribution in [2.75, 3.05) is 16.4 Å². The van der Waals surface area contributed by atoms with E-state index in [4.69, 9.17) is 5.73 Å². The number of nitrogens with zero attached hydrogens (tertiary/aromatic N) is 3. The number of nitrogen functional groups attached to an aromatic ring is 1. The highest BCUT2D eigenvalue weighted by Crippen LogP contribution is 2.33. The molecule has 2 aromatic heterocycles. The first-order valence-electron chi connectivity index (χ1n) is 15.5. The van der Waals surface area contributed by atoms with E-state index >= 15 is 4.39 Å². The zero-order valence-corrected chi connectivity index (χ0v) is 26.9. The number of carbonyl (C=O) groups excluding carboxylic acids is 1. The Morgan fingerprint density at radius 1 is 0.978 bits per heavy atom. The maximum Gasteiger partial charge on any atom is 0.408 e. The number of carboxylic acid groups (broad SMARTS) is 1. The first kappa shape index (κ1) is 32.5. The minimum Gasteiger partial charge on any atom is -0.465 e. The summed E-state index contributed by atoms with van der Waals surface area (Å²) in [5, 5.41) is 20.3. The zero-order chi connectivity index (χ0) is 33.2. The molecular weight excluding hydrogens is 585 g/mol. The van der Waals surface area contributed by atoms with Crippen LogP contribution >= 0.6 is 0 Å². The maximum atomic E-state index is 15.9. The highest BCUT2D eigenvalue weighted by molar-refractivity contribution is 6.00. The topological polar surface area (TPSA) is 146 Å². The highest BCUT2D eigenvalue weighted by atomic mass is 19.1. The van der Waals surface area contributed by atoms with Gasteiger partial charge in [-0.25, -0.2) is 14.2 Å². The van der Waals surface area contributed by atoms with Crippen LogP contribution in [-0.2, 0) is 5.54 Å². The number of carbonyl (C=O) groups is 2. The molecular formula is C35H42FN7O3. The third-order valence-electron chi connectivity index (χ3n) is 8.46. The number of nitrogens with one attached hydrogen (secondary N) is 3. The first-order valence-corrected chi connectivity index (χ1v) is 15.5. The van der Waals surface area contributed by atoms with Gasteiger partial charge in [0.05, 0.1) is 40.2 Å². The minimum absolute atomic E-state index is 0.00165. The molecule has 2 aromatic carbocycles.